The summed E-state index contributed by atoms with van der Waals surface area (Å²) in [5.74, 6) is 0.873. The Kier molecular flexibility index (Phi) is 4.55. The number of rotatable bonds is 6. The van der Waals surface area contributed by atoms with Crippen molar-refractivity contribution in [3.8, 4) is 0 Å². The van der Waals surface area contributed by atoms with Gasteiger partial charge in [-0.1, -0.05) is 6.92 Å². The van der Waals surface area contributed by atoms with Crippen LogP contribution in [0.3, 0.4) is 0 Å². The van der Waals surface area contributed by atoms with Crippen molar-refractivity contribution in [1.29, 1.82) is 0 Å². The van der Waals surface area contributed by atoms with Crippen LogP contribution in [0.2, 0.25) is 0 Å². The molecule has 1 saturated carbocycles. The first-order valence-corrected chi connectivity index (χ1v) is 9.56. The monoisotopic (exact) mass is 368 g/mol. The van der Waals surface area contributed by atoms with Crippen molar-refractivity contribution in [1.82, 2.24) is 15.0 Å². The molecule has 0 aliphatic heterocycles. The van der Waals surface area contributed by atoms with E-state index in [4.69, 9.17) is 9.72 Å². The molecule has 1 aliphatic carbocycles. The first-order chi connectivity index (χ1) is 12.7. The average molecular weight is 368 g/mol. The lowest BCUT2D eigenvalue weighted by Gasteiger charge is -2.10. The Labute approximate surface area is 155 Å². The van der Waals surface area contributed by atoms with Crippen molar-refractivity contribution in [3.05, 3.63) is 46.4 Å². The number of nitrogens with zero attached hydrogens (tertiary/aromatic N) is 3. The molecule has 26 heavy (non-hydrogen) atoms. The molecule has 0 unspecified atom stereocenters. The number of hydrogen-bond donors (Lipinski definition) is 1. The van der Waals surface area contributed by atoms with Crippen LogP contribution in [0.1, 0.15) is 52.3 Å². The largest absolute Gasteiger partial charge is 0.465 e. The normalized spacial score (nSPS) is 13.8. The number of aromatic nitrogens is 3. The van der Waals surface area contributed by atoms with Gasteiger partial charge in [0, 0.05) is 10.8 Å². The van der Waals surface area contributed by atoms with E-state index >= 15 is 0 Å². The van der Waals surface area contributed by atoms with Gasteiger partial charge in [-0.2, -0.15) is 0 Å². The number of pyridine rings is 1. The van der Waals surface area contributed by atoms with E-state index in [9.17, 15) is 4.79 Å². The second-order valence-corrected chi connectivity index (χ2v) is 7.48. The van der Waals surface area contributed by atoms with Gasteiger partial charge in [-0.3, -0.25) is 4.98 Å². The molecule has 1 aliphatic rings. The number of anilines is 1. The van der Waals surface area contributed by atoms with Crippen LogP contribution in [-0.2, 0) is 17.7 Å². The van der Waals surface area contributed by atoms with E-state index in [1.165, 1.54) is 12.0 Å². The molecule has 3 aromatic heterocycles. The summed E-state index contributed by atoms with van der Waals surface area (Å²) >= 11 is 1.70. The van der Waals surface area contributed by atoms with E-state index < -0.39 is 0 Å². The summed E-state index contributed by atoms with van der Waals surface area (Å²) in [6.45, 7) is 2.68. The lowest BCUT2D eigenvalue weighted by Crippen LogP contribution is -2.10. The van der Waals surface area contributed by atoms with Crippen LogP contribution in [0.25, 0.3) is 10.2 Å². The topological polar surface area (TPSA) is 77.0 Å². The van der Waals surface area contributed by atoms with E-state index in [1.807, 2.05) is 12.1 Å². The highest BCUT2D eigenvalue weighted by atomic mass is 32.1. The van der Waals surface area contributed by atoms with E-state index in [-0.39, 0.29) is 5.97 Å². The molecular formula is C19H20N4O2S. The molecule has 1 N–H and O–H groups in total. The number of aryl methyl sites for hydroxylation is 1. The maximum atomic E-state index is 11.9. The molecule has 0 atom stereocenters. The van der Waals surface area contributed by atoms with Gasteiger partial charge < -0.3 is 10.1 Å². The Morgan fingerprint density at radius 3 is 2.92 bits per heavy atom. The molecule has 7 heteroatoms. The first kappa shape index (κ1) is 16.9. The van der Waals surface area contributed by atoms with Crippen molar-refractivity contribution in [2.75, 3.05) is 12.4 Å². The van der Waals surface area contributed by atoms with Crippen LogP contribution >= 0.6 is 11.3 Å². The SMILES string of the molecule is CCc1cc2c(NCc3ccc(C(=O)OC)c(C4CC4)n3)ncnc2s1. The summed E-state index contributed by atoms with van der Waals surface area (Å²) in [5.41, 5.74) is 2.32. The van der Waals surface area contributed by atoms with Crippen molar-refractivity contribution in [2.45, 2.75) is 38.6 Å². The molecular weight excluding hydrogens is 348 g/mol. The molecule has 0 saturated heterocycles. The zero-order valence-corrected chi connectivity index (χ0v) is 15.6. The number of carbonyl (C=O) groups excluding carboxylic acids is 1. The summed E-state index contributed by atoms with van der Waals surface area (Å²) in [6, 6.07) is 5.83. The Hall–Kier alpha value is -2.54. The second kappa shape index (κ2) is 6.99. The van der Waals surface area contributed by atoms with Crippen molar-refractivity contribution in [2.24, 2.45) is 0 Å². The van der Waals surface area contributed by atoms with Crippen molar-refractivity contribution in [3.63, 3.8) is 0 Å². The first-order valence-electron chi connectivity index (χ1n) is 8.75. The van der Waals surface area contributed by atoms with Crippen LogP contribution in [0.5, 0.6) is 0 Å². The highest BCUT2D eigenvalue weighted by molar-refractivity contribution is 7.18. The Balaban J connectivity index is 1.57. The molecule has 3 heterocycles. The summed E-state index contributed by atoms with van der Waals surface area (Å²) in [5, 5.41) is 4.41. The van der Waals surface area contributed by atoms with Crippen molar-refractivity contribution >= 4 is 33.3 Å². The maximum Gasteiger partial charge on any atom is 0.339 e. The van der Waals surface area contributed by atoms with Gasteiger partial charge in [0.2, 0.25) is 0 Å². The quantitative estimate of drug-likeness (QED) is 0.665. The lowest BCUT2D eigenvalue weighted by molar-refractivity contribution is 0.0598. The lowest BCUT2D eigenvalue weighted by atomic mass is 10.1. The number of methoxy groups -OCH3 is 1. The summed E-state index contributed by atoms with van der Waals surface area (Å²) in [6.07, 6.45) is 4.73. The van der Waals surface area contributed by atoms with Crippen LogP contribution in [0, 0.1) is 0 Å². The molecule has 0 bridgehead atoms. The predicted molar refractivity (Wildman–Crippen MR) is 102 cm³/mol. The van der Waals surface area contributed by atoms with Gasteiger partial charge in [-0.15, -0.1) is 11.3 Å². The third-order valence-electron chi connectivity index (χ3n) is 4.52. The van der Waals surface area contributed by atoms with Crippen LogP contribution in [-0.4, -0.2) is 28.0 Å². The van der Waals surface area contributed by atoms with E-state index in [0.29, 0.717) is 18.0 Å². The summed E-state index contributed by atoms with van der Waals surface area (Å²) in [7, 11) is 1.40. The Morgan fingerprint density at radius 2 is 2.19 bits per heavy atom. The minimum atomic E-state index is -0.318. The molecule has 0 aromatic carbocycles. The van der Waals surface area contributed by atoms with E-state index in [2.05, 4.69) is 28.3 Å². The molecule has 134 valence electrons. The molecule has 4 rings (SSSR count). The molecule has 6 nitrogen and oxygen atoms in total. The molecule has 3 aromatic rings. The summed E-state index contributed by atoms with van der Waals surface area (Å²) in [4.78, 5) is 27.7. The van der Waals surface area contributed by atoms with Gasteiger partial charge in [-0.05, 0) is 37.5 Å². The Morgan fingerprint density at radius 1 is 1.35 bits per heavy atom. The standard InChI is InChI=1S/C19H20N4O2S/c1-3-13-8-15-17(21-10-22-18(15)26-13)20-9-12-6-7-14(19(24)25-2)16(23-12)11-4-5-11/h6-8,10-11H,3-5,9H2,1-2H3,(H,20,21,22). The van der Waals surface area contributed by atoms with Crippen molar-refractivity contribution < 1.29 is 9.53 Å². The van der Waals surface area contributed by atoms with Gasteiger partial charge in [0.25, 0.3) is 0 Å². The molecule has 0 amide bonds. The van der Waals surface area contributed by atoms with Gasteiger partial charge >= 0.3 is 5.97 Å². The number of ether oxygens (including phenoxy) is 1. The molecule has 0 radical (unpaired) electrons. The van der Waals surface area contributed by atoms with Gasteiger partial charge in [0.15, 0.2) is 0 Å². The smallest absolute Gasteiger partial charge is 0.339 e. The van der Waals surface area contributed by atoms with Gasteiger partial charge in [0.05, 0.1) is 36.0 Å². The average Bonchev–Trinajstić information content (AvgIpc) is 3.43. The summed E-state index contributed by atoms with van der Waals surface area (Å²) < 4.78 is 4.87. The highest BCUT2D eigenvalue weighted by Gasteiger charge is 2.30. The van der Waals surface area contributed by atoms with Gasteiger partial charge in [0.1, 0.15) is 17.0 Å². The number of nitrogens with one attached hydrogen (secondary N) is 1. The Bertz CT molecular complexity index is 965. The fourth-order valence-corrected chi connectivity index (χ4v) is 3.90. The fourth-order valence-electron chi connectivity index (χ4n) is 2.96. The highest BCUT2D eigenvalue weighted by Crippen LogP contribution is 2.41. The second-order valence-electron chi connectivity index (χ2n) is 6.36. The zero-order chi connectivity index (χ0) is 18.1. The van der Waals surface area contributed by atoms with E-state index in [0.717, 1.165) is 46.7 Å². The van der Waals surface area contributed by atoms with E-state index in [1.54, 1.807) is 17.7 Å². The maximum absolute atomic E-state index is 11.9. The van der Waals surface area contributed by atoms with Gasteiger partial charge in [-0.25, -0.2) is 14.8 Å². The zero-order valence-electron chi connectivity index (χ0n) is 14.8. The third-order valence-corrected chi connectivity index (χ3v) is 5.71. The molecule has 0 spiro atoms. The van der Waals surface area contributed by atoms with Crippen LogP contribution in [0.15, 0.2) is 24.5 Å². The van der Waals surface area contributed by atoms with Crippen LogP contribution in [0.4, 0.5) is 5.82 Å². The number of thiophene rings is 1. The number of hydrogen-bond acceptors (Lipinski definition) is 7. The van der Waals surface area contributed by atoms with Crippen LogP contribution < -0.4 is 5.32 Å². The number of carbonyl (C=O) groups is 1. The fraction of sp³-hybridized carbons (Fsp3) is 0.368. The minimum absolute atomic E-state index is 0.318. The molecule has 1 fully saturated rings. The predicted octanol–water partition coefficient (Wildman–Crippen LogP) is 3.92. The number of esters is 1. The third kappa shape index (κ3) is 3.26. The minimum Gasteiger partial charge on any atom is -0.465 e. The number of fused-ring (bicyclic) bond motifs is 1.